The van der Waals surface area contributed by atoms with Gasteiger partial charge in [-0.05, 0) is 18.9 Å². The number of hydrogen-bond donors (Lipinski definition) is 0. The van der Waals surface area contributed by atoms with Crippen LogP contribution in [0.4, 0.5) is 0 Å². The van der Waals surface area contributed by atoms with E-state index in [1.807, 2.05) is 56.3 Å². The van der Waals surface area contributed by atoms with E-state index in [1.165, 1.54) is 0 Å². The molecule has 1 heteroatoms. The minimum atomic E-state index is -0.435. The summed E-state index contributed by atoms with van der Waals surface area (Å²) in [5, 5.41) is 0. The normalized spacial score (nSPS) is 15.3. The van der Waals surface area contributed by atoms with Gasteiger partial charge in [-0.15, -0.1) is 0 Å². The fourth-order valence-corrected chi connectivity index (χ4v) is 1.65. The highest BCUT2D eigenvalue weighted by molar-refractivity contribution is 5.72. The number of carbonyl (C=O) groups excluding carboxylic acids is 1. The van der Waals surface area contributed by atoms with Crippen molar-refractivity contribution in [3.05, 3.63) is 48.0 Å². The highest BCUT2D eigenvalue weighted by Gasteiger charge is 2.25. The van der Waals surface area contributed by atoms with Crippen LogP contribution in [0.3, 0.4) is 0 Å². The molecule has 74 valence electrons. The Balaban J connectivity index is 3.17. The third-order valence-corrected chi connectivity index (χ3v) is 2.57. The zero-order valence-electron chi connectivity index (χ0n) is 8.73. The average molecular weight is 188 g/mol. The number of allylic oxidation sites excluding steroid dienone is 2. The highest BCUT2D eigenvalue weighted by atomic mass is 16.1. The number of carbonyl (C=O) groups is 1. The lowest BCUT2D eigenvalue weighted by atomic mass is 9.79. The third kappa shape index (κ3) is 1.92. The molecule has 0 aliphatic heterocycles. The predicted molar refractivity (Wildman–Crippen MR) is 59.3 cm³/mol. The smallest absolute Gasteiger partial charge is 0.134 e. The largest absolute Gasteiger partial charge is 0.302 e. The minimum Gasteiger partial charge on any atom is -0.302 e. The summed E-state index contributed by atoms with van der Waals surface area (Å²) in [7, 11) is 0. The molecular formula is C13H16O. The predicted octanol–water partition coefficient (Wildman–Crippen LogP) is 3.11. The van der Waals surface area contributed by atoms with Crippen LogP contribution in [0.1, 0.15) is 25.8 Å². The van der Waals surface area contributed by atoms with Crippen LogP contribution in [0.25, 0.3) is 0 Å². The van der Waals surface area contributed by atoms with E-state index in [0.717, 1.165) is 18.3 Å². The lowest BCUT2D eigenvalue weighted by Gasteiger charge is -2.22. The number of hydrogen-bond acceptors (Lipinski definition) is 1. The molecule has 1 nitrogen and oxygen atoms in total. The van der Waals surface area contributed by atoms with Crippen molar-refractivity contribution in [2.24, 2.45) is 0 Å². The van der Waals surface area contributed by atoms with Gasteiger partial charge in [0.2, 0.25) is 0 Å². The summed E-state index contributed by atoms with van der Waals surface area (Å²) in [6.45, 7) is 3.97. The molecular weight excluding hydrogens is 172 g/mol. The van der Waals surface area contributed by atoms with Gasteiger partial charge >= 0.3 is 0 Å². The summed E-state index contributed by atoms with van der Waals surface area (Å²) in [6, 6.07) is 9.89. The maximum Gasteiger partial charge on any atom is 0.134 e. The molecule has 0 amide bonds. The lowest BCUT2D eigenvalue weighted by Crippen LogP contribution is -2.24. The van der Waals surface area contributed by atoms with Gasteiger partial charge in [0.15, 0.2) is 0 Å². The Morgan fingerprint density at radius 3 is 2.36 bits per heavy atom. The molecule has 0 spiro atoms. The van der Waals surface area contributed by atoms with E-state index in [0.29, 0.717) is 0 Å². The van der Waals surface area contributed by atoms with Crippen molar-refractivity contribution in [3.8, 4) is 0 Å². The monoisotopic (exact) mass is 188 g/mol. The van der Waals surface area contributed by atoms with E-state index in [-0.39, 0.29) is 0 Å². The zero-order valence-corrected chi connectivity index (χ0v) is 8.73. The average Bonchev–Trinajstić information content (AvgIpc) is 2.27. The van der Waals surface area contributed by atoms with Crippen molar-refractivity contribution < 1.29 is 4.79 Å². The van der Waals surface area contributed by atoms with Crippen LogP contribution in [0.2, 0.25) is 0 Å². The first kappa shape index (κ1) is 10.7. The molecule has 0 heterocycles. The topological polar surface area (TPSA) is 17.1 Å². The molecule has 14 heavy (non-hydrogen) atoms. The minimum absolute atomic E-state index is 0.435. The number of benzene rings is 1. The van der Waals surface area contributed by atoms with Gasteiger partial charge in [0, 0.05) is 0 Å². The molecule has 0 aromatic heterocycles. The molecule has 1 aromatic carbocycles. The SMILES string of the molecule is C/C=C/C(C=O)(CC)c1ccccc1. The fraction of sp³-hybridized carbons (Fsp3) is 0.308. The fourth-order valence-electron chi connectivity index (χ4n) is 1.65. The summed E-state index contributed by atoms with van der Waals surface area (Å²) in [6.07, 6.45) is 5.73. The molecule has 0 aliphatic carbocycles. The first-order valence-electron chi connectivity index (χ1n) is 4.95. The molecule has 0 radical (unpaired) electrons. The van der Waals surface area contributed by atoms with E-state index in [4.69, 9.17) is 0 Å². The van der Waals surface area contributed by atoms with Crippen molar-refractivity contribution in [1.29, 1.82) is 0 Å². The quantitative estimate of drug-likeness (QED) is 0.524. The van der Waals surface area contributed by atoms with Crippen LogP contribution >= 0.6 is 0 Å². The second-order valence-corrected chi connectivity index (χ2v) is 3.38. The maximum atomic E-state index is 11.2. The first-order chi connectivity index (χ1) is 6.79. The van der Waals surface area contributed by atoms with Gasteiger partial charge in [0.05, 0.1) is 5.41 Å². The Bertz CT molecular complexity index is 313. The van der Waals surface area contributed by atoms with Crippen molar-refractivity contribution in [2.75, 3.05) is 0 Å². The van der Waals surface area contributed by atoms with Crippen LogP contribution < -0.4 is 0 Å². The Kier molecular flexibility index (Phi) is 3.63. The summed E-state index contributed by atoms with van der Waals surface area (Å²) < 4.78 is 0. The van der Waals surface area contributed by atoms with E-state index in [1.54, 1.807) is 0 Å². The van der Waals surface area contributed by atoms with E-state index in [9.17, 15) is 4.79 Å². The summed E-state index contributed by atoms with van der Waals surface area (Å²) in [4.78, 5) is 11.2. The Labute approximate surface area is 85.5 Å². The Morgan fingerprint density at radius 1 is 1.29 bits per heavy atom. The van der Waals surface area contributed by atoms with Gasteiger partial charge in [0.25, 0.3) is 0 Å². The van der Waals surface area contributed by atoms with Crippen LogP contribution in [-0.2, 0) is 10.2 Å². The molecule has 0 aliphatic rings. The van der Waals surface area contributed by atoms with E-state index in [2.05, 4.69) is 0 Å². The molecule has 1 rings (SSSR count). The summed E-state index contributed by atoms with van der Waals surface area (Å²) in [5.74, 6) is 0. The molecule has 1 aromatic rings. The van der Waals surface area contributed by atoms with E-state index < -0.39 is 5.41 Å². The molecule has 0 bridgehead atoms. The Morgan fingerprint density at radius 2 is 1.93 bits per heavy atom. The van der Waals surface area contributed by atoms with Gasteiger partial charge in [-0.25, -0.2) is 0 Å². The van der Waals surface area contributed by atoms with E-state index >= 15 is 0 Å². The van der Waals surface area contributed by atoms with Crippen molar-refractivity contribution in [3.63, 3.8) is 0 Å². The van der Waals surface area contributed by atoms with Gasteiger partial charge in [-0.1, -0.05) is 49.4 Å². The summed E-state index contributed by atoms with van der Waals surface area (Å²) >= 11 is 0. The number of aldehydes is 1. The molecule has 0 saturated carbocycles. The van der Waals surface area contributed by atoms with Crippen LogP contribution in [0.5, 0.6) is 0 Å². The van der Waals surface area contributed by atoms with Gasteiger partial charge in [-0.2, -0.15) is 0 Å². The number of rotatable bonds is 4. The second kappa shape index (κ2) is 4.75. The highest BCUT2D eigenvalue weighted by Crippen LogP contribution is 2.27. The van der Waals surface area contributed by atoms with Gasteiger partial charge in [-0.3, -0.25) is 0 Å². The summed E-state index contributed by atoms with van der Waals surface area (Å²) in [5.41, 5.74) is 0.631. The lowest BCUT2D eigenvalue weighted by molar-refractivity contribution is -0.111. The van der Waals surface area contributed by atoms with Gasteiger partial charge in [0.1, 0.15) is 6.29 Å². The second-order valence-electron chi connectivity index (χ2n) is 3.38. The maximum absolute atomic E-state index is 11.2. The molecule has 0 N–H and O–H groups in total. The standard InChI is InChI=1S/C13H16O/c1-3-10-13(4-2,11-14)12-8-6-5-7-9-12/h3,5-11H,4H2,1-2H3/b10-3+. The third-order valence-electron chi connectivity index (χ3n) is 2.57. The first-order valence-corrected chi connectivity index (χ1v) is 4.95. The molecule has 0 saturated heterocycles. The van der Waals surface area contributed by atoms with Gasteiger partial charge < -0.3 is 4.79 Å². The van der Waals surface area contributed by atoms with Crippen molar-refractivity contribution in [1.82, 2.24) is 0 Å². The van der Waals surface area contributed by atoms with Crippen molar-refractivity contribution in [2.45, 2.75) is 25.7 Å². The molecule has 1 atom stereocenters. The van der Waals surface area contributed by atoms with Crippen molar-refractivity contribution >= 4 is 6.29 Å². The Hall–Kier alpha value is -1.37. The molecule has 1 unspecified atom stereocenters. The van der Waals surface area contributed by atoms with Crippen LogP contribution in [0, 0.1) is 0 Å². The molecule has 0 fully saturated rings. The van der Waals surface area contributed by atoms with Crippen LogP contribution in [-0.4, -0.2) is 6.29 Å². The van der Waals surface area contributed by atoms with Crippen LogP contribution in [0.15, 0.2) is 42.5 Å². The zero-order chi connectivity index (χ0) is 10.4.